The van der Waals surface area contributed by atoms with Crippen LogP contribution in [0.5, 0.6) is 5.75 Å². The minimum Gasteiger partial charge on any atom is -0.495 e. The van der Waals surface area contributed by atoms with Crippen molar-refractivity contribution in [1.82, 2.24) is 10.3 Å². The van der Waals surface area contributed by atoms with Gasteiger partial charge in [0.15, 0.2) is 5.13 Å². The van der Waals surface area contributed by atoms with Crippen molar-refractivity contribution >= 4 is 28.1 Å². The number of thiazole rings is 1. The second-order valence-corrected chi connectivity index (χ2v) is 6.86. The number of carbonyl (C=O) groups excluding carboxylic acids is 1. The molecule has 5 nitrogen and oxygen atoms in total. The van der Waals surface area contributed by atoms with E-state index in [-0.39, 0.29) is 11.9 Å². The fourth-order valence-corrected chi connectivity index (χ4v) is 3.49. The van der Waals surface area contributed by atoms with Gasteiger partial charge in [0.05, 0.1) is 24.5 Å². The molecule has 0 saturated carbocycles. The summed E-state index contributed by atoms with van der Waals surface area (Å²) in [5.74, 6) is 0.605. The third kappa shape index (κ3) is 4.03. The molecule has 0 radical (unpaired) electrons. The first-order chi connectivity index (χ1) is 12.6. The molecule has 1 heterocycles. The third-order valence-electron chi connectivity index (χ3n) is 4.00. The van der Waals surface area contributed by atoms with Gasteiger partial charge < -0.3 is 15.4 Å². The Morgan fingerprint density at radius 2 is 1.81 bits per heavy atom. The molecule has 0 bridgehead atoms. The highest BCUT2D eigenvalue weighted by Crippen LogP contribution is 2.31. The molecule has 134 valence electrons. The molecule has 0 aliphatic rings. The summed E-state index contributed by atoms with van der Waals surface area (Å²) in [6, 6.07) is 17.4. The maximum Gasteiger partial charge on any atom is 0.263 e. The number of para-hydroxylation sites is 2. The molecular weight excluding hydrogens is 346 g/mol. The van der Waals surface area contributed by atoms with Crippen molar-refractivity contribution in [1.29, 1.82) is 0 Å². The van der Waals surface area contributed by atoms with Gasteiger partial charge in [0.1, 0.15) is 10.6 Å². The predicted octanol–water partition coefficient (Wildman–Crippen LogP) is 4.69. The highest BCUT2D eigenvalue weighted by atomic mass is 32.1. The van der Waals surface area contributed by atoms with Crippen LogP contribution in [0.4, 0.5) is 10.8 Å². The molecule has 1 aromatic heterocycles. The Morgan fingerprint density at radius 1 is 1.12 bits per heavy atom. The summed E-state index contributed by atoms with van der Waals surface area (Å²) in [4.78, 5) is 17.7. The molecule has 1 atom stereocenters. The molecule has 0 saturated heterocycles. The van der Waals surface area contributed by atoms with Crippen molar-refractivity contribution in [3.8, 4) is 5.75 Å². The number of aryl methyl sites for hydroxylation is 1. The number of hydrogen-bond acceptors (Lipinski definition) is 5. The first kappa shape index (κ1) is 17.9. The van der Waals surface area contributed by atoms with Gasteiger partial charge in [-0.25, -0.2) is 4.98 Å². The number of methoxy groups -OCH3 is 1. The normalized spacial score (nSPS) is 11.7. The van der Waals surface area contributed by atoms with E-state index in [0.717, 1.165) is 17.0 Å². The van der Waals surface area contributed by atoms with E-state index in [1.165, 1.54) is 11.3 Å². The number of amides is 1. The Kier molecular flexibility index (Phi) is 5.53. The van der Waals surface area contributed by atoms with Gasteiger partial charge in [-0.3, -0.25) is 4.79 Å². The lowest BCUT2D eigenvalue weighted by atomic mass is 10.1. The largest absolute Gasteiger partial charge is 0.495 e. The van der Waals surface area contributed by atoms with Crippen LogP contribution >= 0.6 is 11.3 Å². The maximum absolute atomic E-state index is 12.6. The molecule has 1 amide bonds. The molecule has 3 aromatic rings. The summed E-state index contributed by atoms with van der Waals surface area (Å²) in [5.41, 5.74) is 2.58. The summed E-state index contributed by atoms with van der Waals surface area (Å²) in [6.45, 7) is 3.81. The fourth-order valence-electron chi connectivity index (χ4n) is 2.61. The van der Waals surface area contributed by atoms with Crippen molar-refractivity contribution < 1.29 is 9.53 Å². The topological polar surface area (TPSA) is 63.2 Å². The lowest BCUT2D eigenvalue weighted by Crippen LogP contribution is -2.26. The van der Waals surface area contributed by atoms with Gasteiger partial charge in [-0.1, -0.05) is 53.8 Å². The number of benzene rings is 2. The van der Waals surface area contributed by atoms with E-state index in [9.17, 15) is 4.79 Å². The summed E-state index contributed by atoms with van der Waals surface area (Å²) < 4.78 is 5.34. The van der Waals surface area contributed by atoms with Crippen LogP contribution in [0.15, 0.2) is 54.6 Å². The Hall–Kier alpha value is -2.86. The van der Waals surface area contributed by atoms with Gasteiger partial charge >= 0.3 is 0 Å². The Balaban J connectivity index is 1.74. The molecule has 2 N–H and O–H groups in total. The number of anilines is 2. The Labute approximate surface area is 157 Å². The fraction of sp³-hybridized carbons (Fsp3) is 0.200. The smallest absolute Gasteiger partial charge is 0.263 e. The average molecular weight is 367 g/mol. The summed E-state index contributed by atoms with van der Waals surface area (Å²) in [6.07, 6.45) is 0. The zero-order chi connectivity index (χ0) is 18.5. The van der Waals surface area contributed by atoms with Crippen LogP contribution < -0.4 is 15.4 Å². The van der Waals surface area contributed by atoms with E-state index < -0.39 is 0 Å². The number of aromatic nitrogens is 1. The lowest BCUT2D eigenvalue weighted by Gasteiger charge is -2.13. The van der Waals surface area contributed by atoms with Crippen LogP contribution in [0, 0.1) is 6.92 Å². The SMILES string of the molecule is COc1ccccc1Nc1nc(C)c(C(=O)NC(C)c2ccccc2)s1. The zero-order valence-corrected chi connectivity index (χ0v) is 15.8. The average Bonchev–Trinajstić information content (AvgIpc) is 3.03. The first-order valence-electron chi connectivity index (χ1n) is 8.31. The monoisotopic (exact) mass is 367 g/mol. The van der Waals surface area contributed by atoms with Crippen LogP contribution in [0.1, 0.15) is 33.9 Å². The molecule has 2 aromatic carbocycles. The van der Waals surface area contributed by atoms with E-state index in [4.69, 9.17) is 4.74 Å². The van der Waals surface area contributed by atoms with Gasteiger partial charge in [-0.15, -0.1) is 0 Å². The van der Waals surface area contributed by atoms with E-state index in [1.807, 2.05) is 68.4 Å². The Bertz CT molecular complexity index is 893. The van der Waals surface area contributed by atoms with E-state index in [0.29, 0.717) is 15.7 Å². The molecule has 0 aliphatic carbocycles. The quantitative estimate of drug-likeness (QED) is 0.663. The van der Waals surface area contributed by atoms with Gasteiger partial charge in [0.25, 0.3) is 5.91 Å². The molecule has 0 fully saturated rings. The highest BCUT2D eigenvalue weighted by Gasteiger charge is 2.18. The zero-order valence-electron chi connectivity index (χ0n) is 14.9. The number of nitrogens with one attached hydrogen (secondary N) is 2. The maximum atomic E-state index is 12.6. The minimum absolute atomic E-state index is 0.0733. The van der Waals surface area contributed by atoms with Gasteiger partial charge in [-0.2, -0.15) is 0 Å². The van der Waals surface area contributed by atoms with E-state index in [2.05, 4.69) is 15.6 Å². The van der Waals surface area contributed by atoms with E-state index in [1.54, 1.807) is 7.11 Å². The van der Waals surface area contributed by atoms with Crippen molar-refractivity contribution in [2.24, 2.45) is 0 Å². The van der Waals surface area contributed by atoms with Crippen LogP contribution in [0.25, 0.3) is 0 Å². The van der Waals surface area contributed by atoms with Crippen molar-refractivity contribution in [2.45, 2.75) is 19.9 Å². The highest BCUT2D eigenvalue weighted by molar-refractivity contribution is 7.17. The number of carbonyl (C=O) groups is 1. The lowest BCUT2D eigenvalue weighted by molar-refractivity contribution is 0.0943. The van der Waals surface area contributed by atoms with Crippen molar-refractivity contribution in [3.63, 3.8) is 0 Å². The Morgan fingerprint density at radius 3 is 2.54 bits per heavy atom. The molecule has 1 unspecified atom stereocenters. The van der Waals surface area contributed by atoms with Crippen LogP contribution in [-0.2, 0) is 0 Å². The summed E-state index contributed by atoms with van der Waals surface area (Å²) in [5, 5.41) is 6.92. The van der Waals surface area contributed by atoms with Crippen LogP contribution in [-0.4, -0.2) is 18.0 Å². The molecule has 6 heteroatoms. The molecule has 0 spiro atoms. The summed E-state index contributed by atoms with van der Waals surface area (Å²) in [7, 11) is 1.62. The van der Waals surface area contributed by atoms with Gasteiger partial charge in [0, 0.05) is 0 Å². The first-order valence-corrected chi connectivity index (χ1v) is 9.13. The standard InChI is InChI=1S/C20H21N3O2S/c1-13(15-9-5-4-6-10-15)21-19(24)18-14(2)22-20(26-18)23-16-11-7-8-12-17(16)25-3/h4-13H,1-3H3,(H,21,24)(H,22,23). The van der Waals surface area contributed by atoms with Crippen molar-refractivity contribution in [2.75, 3.05) is 12.4 Å². The molecule has 26 heavy (non-hydrogen) atoms. The molecular formula is C20H21N3O2S. The number of hydrogen-bond donors (Lipinski definition) is 2. The number of rotatable bonds is 6. The second kappa shape index (κ2) is 8.01. The minimum atomic E-state index is -0.121. The van der Waals surface area contributed by atoms with E-state index >= 15 is 0 Å². The van der Waals surface area contributed by atoms with Gasteiger partial charge in [-0.05, 0) is 31.5 Å². The molecule has 0 aliphatic heterocycles. The molecule has 3 rings (SSSR count). The number of ether oxygens (including phenoxy) is 1. The predicted molar refractivity (Wildman–Crippen MR) is 105 cm³/mol. The summed E-state index contributed by atoms with van der Waals surface area (Å²) >= 11 is 1.33. The van der Waals surface area contributed by atoms with Crippen molar-refractivity contribution in [3.05, 3.63) is 70.7 Å². The second-order valence-electron chi connectivity index (χ2n) is 5.86. The number of nitrogens with zero attached hydrogens (tertiary/aromatic N) is 1. The van der Waals surface area contributed by atoms with Crippen LogP contribution in [0.3, 0.4) is 0 Å². The van der Waals surface area contributed by atoms with Crippen LogP contribution in [0.2, 0.25) is 0 Å². The third-order valence-corrected chi connectivity index (χ3v) is 5.07. The van der Waals surface area contributed by atoms with Gasteiger partial charge in [0.2, 0.25) is 0 Å².